The monoisotopic (exact) mass is 390 g/mol. The average molecular weight is 391 g/mol. The minimum atomic E-state index is -0.192. The first-order valence-corrected chi connectivity index (χ1v) is 7.22. The van der Waals surface area contributed by atoms with E-state index in [2.05, 4.69) is 32.9 Å². The summed E-state index contributed by atoms with van der Waals surface area (Å²) < 4.78 is 6.27. The van der Waals surface area contributed by atoms with Crippen LogP contribution in [-0.2, 0) is 13.0 Å². The number of benzene rings is 1. The number of carbonyl (C=O) groups excluding carboxylic acids is 1. The Morgan fingerprint density at radius 3 is 3.00 bits per heavy atom. The standard InChI is InChI=1S/C13H12ClIN2O2/c1-2-9-6-16-12(19-9)7-17-13(18)10-5-8(14)3-4-11(10)15/h3-6H,2,7H2,1H3,(H,17,18). The molecule has 1 aromatic carbocycles. The maximum absolute atomic E-state index is 12.0. The molecule has 1 aromatic heterocycles. The van der Waals surface area contributed by atoms with Gasteiger partial charge in [-0.1, -0.05) is 18.5 Å². The molecule has 0 saturated carbocycles. The lowest BCUT2D eigenvalue weighted by Gasteiger charge is -2.05. The van der Waals surface area contributed by atoms with E-state index in [0.29, 0.717) is 16.5 Å². The van der Waals surface area contributed by atoms with Gasteiger partial charge < -0.3 is 9.73 Å². The minimum Gasteiger partial charge on any atom is -0.444 e. The average Bonchev–Trinajstić information content (AvgIpc) is 2.87. The van der Waals surface area contributed by atoms with Gasteiger partial charge in [-0.15, -0.1) is 0 Å². The van der Waals surface area contributed by atoms with Gasteiger partial charge in [0.15, 0.2) is 0 Å². The molecule has 19 heavy (non-hydrogen) atoms. The molecule has 0 saturated heterocycles. The van der Waals surface area contributed by atoms with Crippen molar-refractivity contribution < 1.29 is 9.21 Å². The Labute approximate surface area is 129 Å². The van der Waals surface area contributed by atoms with Gasteiger partial charge in [-0.2, -0.15) is 0 Å². The molecule has 0 fully saturated rings. The maximum Gasteiger partial charge on any atom is 0.252 e. The molecule has 0 aliphatic rings. The molecule has 1 N–H and O–H groups in total. The van der Waals surface area contributed by atoms with Gasteiger partial charge in [0.05, 0.1) is 18.3 Å². The number of aryl methyl sites for hydroxylation is 1. The summed E-state index contributed by atoms with van der Waals surface area (Å²) in [5, 5.41) is 3.30. The third kappa shape index (κ3) is 3.70. The summed E-state index contributed by atoms with van der Waals surface area (Å²) in [6, 6.07) is 5.20. The molecule has 2 aromatic rings. The number of hydrogen-bond donors (Lipinski definition) is 1. The smallest absolute Gasteiger partial charge is 0.252 e. The van der Waals surface area contributed by atoms with E-state index in [9.17, 15) is 4.79 Å². The third-order valence-corrected chi connectivity index (χ3v) is 3.70. The molecule has 6 heteroatoms. The van der Waals surface area contributed by atoms with Gasteiger partial charge in [-0.3, -0.25) is 4.79 Å². The zero-order valence-electron chi connectivity index (χ0n) is 10.2. The molecule has 100 valence electrons. The second-order valence-electron chi connectivity index (χ2n) is 3.88. The number of carbonyl (C=O) groups is 1. The molecule has 1 heterocycles. The quantitative estimate of drug-likeness (QED) is 0.814. The summed E-state index contributed by atoms with van der Waals surface area (Å²) in [7, 11) is 0. The second-order valence-corrected chi connectivity index (χ2v) is 5.48. The van der Waals surface area contributed by atoms with Crippen LogP contribution in [0.3, 0.4) is 0 Å². The van der Waals surface area contributed by atoms with E-state index in [1.807, 2.05) is 6.92 Å². The Balaban J connectivity index is 2.03. The Morgan fingerprint density at radius 2 is 2.32 bits per heavy atom. The molecular formula is C13H12ClIN2O2. The van der Waals surface area contributed by atoms with Crippen molar-refractivity contribution in [2.75, 3.05) is 0 Å². The molecule has 0 radical (unpaired) electrons. The molecule has 0 aliphatic carbocycles. The first-order valence-electron chi connectivity index (χ1n) is 5.77. The molecule has 0 spiro atoms. The van der Waals surface area contributed by atoms with Crippen molar-refractivity contribution in [2.45, 2.75) is 19.9 Å². The van der Waals surface area contributed by atoms with Crippen LogP contribution in [-0.4, -0.2) is 10.9 Å². The molecule has 1 amide bonds. The van der Waals surface area contributed by atoms with E-state index in [4.69, 9.17) is 16.0 Å². The molecule has 0 atom stereocenters. The number of nitrogens with zero attached hydrogens (tertiary/aromatic N) is 1. The Bertz CT molecular complexity index is 598. The predicted octanol–water partition coefficient (Wildman–Crippen LogP) is 3.43. The fourth-order valence-electron chi connectivity index (χ4n) is 1.52. The van der Waals surface area contributed by atoms with Crippen molar-refractivity contribution in [3.63, 3.8) is 0 Å². The number of aromatic nitrogens is 1. The first kappa shape index (κ1) is 14.3. The maximum atomic E-state index is 12.0. The highest BCUT2D eigenvalue weighted by Gasteiger charge is 2.11. The zero-order valence-corrected chi connectivity index (χ0v) is 13.2. The van der Waals surface area contributed by atoms with Gasteiger partial charge >= 0.3 is 0 Å². The minimum absolute atomic E-state index is 0.192. The largest absolute Gasteiger partial charge is 0.444 e. The van der Waals surface area contributed by atoms with Gasteiger partial charge in [0, 0.05) is 15.0 Å². The first-order chi connectivity index (χ1) is 9.10. The van der Waals surface area contributed by atoms with Crippen LogP contribution in [0.2, 0.25) is 5.02 Å². The lowest BCUT2D eigenvalue weighted by Crippen LogP contribution is -2.23. The Hall–Kier alpha value is -1.08. The van der Waals surface area contributed by atoms with Gasteiger partial charge in [0.2, 0.25) is 5.89 Å². The highest BCUT2D eigenvalue weighted by atomic mass is 127. The topological polar surface area (TPSA) is 55.1 Å². The van der Waals surface area contributed by atoms with Crippen LogP contribution in [0.4, 0.5) is 0 Å². The lowest BCUT2D eigenvalue weighted by atomic mass is 10.2. The molecule has 0 unspecified atom stereocenters. The van der Waals surface area contributed by atoms with Crippen molar-refractivity contribution in [2.24, 2.45) is 0 Å². The van der Waals surface area contributed by atoms with Crippen molar-refractivity contribution in [3.05, 3.63) is 50.2 Å². The van der Waals surface area contributed by atoms with Crippen molar-refractivity contribution in [1.82, 2.24) is 10.3 Å². The van der Waals surface area contributed by atoms with Crippen LogP contribution < -0.4 is 5.32 Å². The molecule has 2 rings (SSSR count). The van der Waals surface area contributed by atoms with Crippen LogP contribution >= 0.6 is 34.2 Å². The lowest BCUT2D eigenvalue weighted by molar-refractivity contribution is 0.0946. The molecule has 0 aliphatic heterocycles. The van der Waals surface area contributed by atoms with Crippen LogP contribution in [0, 0.1) is 3.57 Å². The van der Waals surface area contributed by atoms with Crippen molar-refractivity contribution >= 4 is 40.1 Å². The van der Waals surface area contributed by atoms with Crippen molar-refractivity contribution in [1.29, 1.82) is 0 Å². The van der Waals surface area contributed by atoms with Crippen LogP contribution in [0.15, 0.2) is 28.8 Å². The highest BCUT2D eigenvalue weighted by molar-refractivity contribution is 14.1. The van der Waals surface area contributed by atoms with Crippen LogP contribution in [0.1, 0.15) is 28.9 Å². The summed E-state index contributed by atoms with van der Waals surface area (Å²) in [4.78, 5) is 16.1. The predicted molar refractivity (Wildman–Crippen MR) is 81.2 cm³/mol. The van der Waals surface area contributed by atoms with E-state index >= 15 is 0 Å². The summed E-state index contributed by atoms with van der Waals surface area (Å²) in [5.74, 6) is 1.12. The molecular weight excluding hydrogens is 379 g/mol. The van der Waals surface area contributed by atoms with Crippen molar-refractivity contribution in [3.8, 4) is 0 Å². The summed E-state index contributed by atoms with van der Waals surface area (Å²) >= 11 is 7.98. The third-order valence-electron chi connectivity index (χ3n) is 2.52. The number of amides is 1. The Morgan fingerprint density at radius 1 is 1.53 bits per heavy atom. The number of nitrogens with one attached hydrogen (secondary N) is 1. The fraction of sp³-hybridized carbons (Fsp3) is 0.231. The number of halogens is 2. The van der Waals surface area contributed by atoms with E-state index < -0.39 is 0 Å². The summed E-state index contributed by atoms with van der Waals surface area (Å²) in [6.07, 6.45) is 2.46. The summed E-state index contributed by atoms with van der Waals surface area (Å²) in [6.45, 7) is 2.25. The molecule has 4 nitrogen and oxygen atoms in total. The number of rotatable bonds is 4. The van der Waals surface area contributed by atoms with Gasteiger partial charge in [-0.05, 0) is 40.8 Å². The van der Waals surface area contributed by atoms with Gasteiger partial charge in [0.1, 0.15) is 5.76 Å². The van der Waals surface area contributed by atoms with E-state index in [1.54, 1.807) is 24.4 Å². The van der Waals surface area contributed by atoms with Crippen LogP contribution in [0.5, 0.6) is 0 Å². The second kappa shape index (κ2) is 6.38. The Kier molecular flexibility index (Phi) is 4.81. The van der Waals surface area contributed by atoms with E-state index in [-0.39, 0.29) is 12.5 Å². The number of hydrogen-bond acceptors (Lipinski definition) is 3. The highest BCUT2D eigenvalue weighted by Crippen LogP contribution is 2.18. The number of oxazole rings is 1. The van der Waals surface area contributed by atoms with E-state index in [0.717, 1.165) is 15.8 Å². The zero-order chi connectivity index (χ0) is 13.8. The SMILES string of the molecule is CCc1cnc(CNC(=O)c2cc(Cl)ccc2I)o1. The van der Waals surface area contributed by atoms with Crippen LogP contribution in [0.25, 0.3) is 0 Å². The van der Waals surface area contributed by atoms with E-state index in [1.165, 1.54) is 0 Å². The summed E-state index contributed by atoms with van der Waals surface area (Å²) in [5.41, 5.74) is 0.551. The van der Waals surface area contributed by atoms with Gasteiger partial charge in [0.25, 0.3) is 5.91 Å². The molecule has 0 bridgehead atoms. The normalized spacial score (nSPS) is 10.5. The van der Waals surface area contributed by atoms with Gasteiger partial charge in [-0.25, -0.2) is 4.98 Å². The fourth-order valence-corrected chi connectivity index (χ4v) is 2.27.